The Morgan fingerprint density at radius 1 is 1.34 bits per heavy atom. The summed E-state index contributed by atoms with van der Waals surface area (Å²) in [6.07, 6.45) is 2.24. The summed E-state index contributed by atoms with van der Waals surface area (Å²) in [6.45, 7) is 1.88. The van der Waals surface area contributed by atoms with Gasteiger partial charge in [-0.1, -0.05) is 34.7 Å². The van der Waals surface area contributed by atoms with Gasteiger partial charge in [0.25, 0.3) is 5.56 Å². The molecule has 7 nitrogen and oxygen atoms in total. The highest BCUT2D eigenvalue weighted by atomic mass is 35.5. The molecule has 0 aliphatic carbocycles. The molecule has 11 heteroatoms. The van der Waals surface area contributed by atoms with Gasteiger partial charge >= 0.3 is 0 Å². The first kappa shape index (κ1) is 20.1. The van der Waals surface area contributed by atoms with Gasteiger partial charge in [-0.15, -0.1) is 0 Å². The number of aromatic nitrogens is 3. The topological polar surface area (TPSA) is 80.1 Å². The van der Waals surface area contributed by atoms with E-state index in [4.69, 9.17) is 11.6 Å². The summed E-state index contributed by atoms with van der Waals surface area (Å²) < 4.78 is 15.2. The number of benzene rings is 1. The monoisotopic (exact) mass is 453 g/mol. The molecule has 1 aliphatic heterocycles. The van der Waals surface area contributed by atoms with Crippen molar-refractivity contribution in [2.75, 3.05) is 29.1 Å². The zero-order valence-corrected chi connectivity index (χ0v) is 17.8. The van der Waals surface area contributed by atoms with Crippen LogP contribution in [-0.2, 0) is 11.8 Å². The van der Waals surface area contributed by atoms with Gasteiger partial charge in [-0.25, -0.2) is 9.37 Å². The number of thioether (sulfide) groups is 1. The summed E-state index contributed by atoms with van der Waals surface area (Å²) in [5, 5.41) is 3.80. The van der Waals surface area contributed by atoms with Crippen molar-refractivity contribution in [2.24, 2.45) is 7.05 Å². The molecule has 0 atom stereocenters. The summed E-state index contributed by atoms with van der Waals surface area (Å²) in [5.74, 6) is -0.838. The van der Waals surface area contributed by atoms with E-state index in [1.807, 2.05) is 0 Å². The lowest BCUT2D eigenvalue weighted by atomic mass is 10.3. The summed E-state index contributed by atoms with van der Waals surface area (Å²) in [6, 6.07) is 3.96. The Labute approximate surface area is 178 Å². The van der Waals surface area contributed by atoms with Crippen molar-refractivity contribution in [3.63, 3.8) is 0 Å². The minimum atomic E-state index is -0.553. The number of carbonyl (C=O) groups is 1. The van der Waals surface area contributed by atoms with Crippen LogP contribution in [0.25, 0.3) is 10.3 Å². The van der Waals surface area contributed by atoms with Crippen molar-refractivity contribution >= 4 is 61.8 Å². The molecule has 0 radical (unpaired) electrons. The summed E-state index contributed by atoms with van der Waals surface area (Å²) in [4.78, 5) is 36.1. The number of carbonyl (C=O) groups excluding carboxylic acids is 1. The Morgan fingerprint density at radius 3 is 2.83 bits per heavy atom. The van der Waals surface area contributed by atoms with Gasteiger partial charge in [-0.2, -0.15) is 4.98 Å². The molecule has 4 rings (SSSR count). The van der Waals surface area contributed by atoms with Crippen LogP contribution in [0, 0.1) is 5.82 Å². The fraction of sp³-hybridized carbons (Fsp3) is 0.333. The molecule has 0 spiro atoms. The van der Waals surface area contributed by atoms with Crippen molar-refractivity contribution in [1.29, 1.82) is 0 Å². The van der Waals surface area contributed by atoms with E-state index < -0.39 is 5.82 Å². The normalized spacial score (nSPS) is 14.0. The van der Waals surface area contributed by atoms with Crippen molar-refractivity contribution < 1.29 is 9.18 Å². The van der Waals surface area contributed by atoms with Crippen LogP contribution in [0.1, 0.15) is 12.8 Å². The van der Waals surface area contributed by atoms with E-state index in [-0.39, 0.29) is 22.2 Å². The number of amides is 1. The SMILES string of the molecule is Cn1c(SCC(=O)Nc2ccc(F)c(Cl)c2)nc2nc(N3CCCC3)sc2c1=O. The fourth-order valence-corrected chi connectivity index (χ4v) is 4.97. The number of fused-ring (bicyclic) bond motifs is 1. The highest BCUT2D eigenvalue weighted by Crippen LogP contribution is 2.29. The summed E-state index contributed by atoms with van der Waals surface area (Å²) in [5.41, 5.74) is 0.633. The lowest BCUT2D eigenvalue weighted by molar-refractivity contribution is -0.113. The van der Waals surface area contributed by atoms with Crippen LogP contribution < -0.4 is 15.8 Å². The molecule has 1 amide bonds. The van der Waals surface area contributed by atoms with E-state index in [1.165, 1.54) is 34.1 Å². The van der Waals surface area contributed by atoms with E-state index in [1.54, 1.807) is 7.05 Å². The largest absolute Gasteiger partial charge is 0.348 e. The maximum atomic E-state index is 13.2. The molecule has 0 saturated carbocycles. The maximum Gasteiger partial charge on any atom is 0.273 e. The van der Waals surface area contributed by atoms with E-state index >= 15 is 0 Å². The first-order chi connectivity index (χ1) is 13.9. The molecular formula is C18H17ClFN5O2S2. The van der Waals surface area contributed by atoms with Gasteiger partial charge in [0.05, 0.1) is 10.8 Å². The second-order valence-electron chi connectivity index (χ2n) is 6.57. The summed E-state index contributed by atoms with van der Waals surface area (Å²) in [7, 11) is 1.63. The fourth-order valence-electron chi connectivity index (χ4n) is 2.99. The van der Waals surface area contributed by atoms with Crippen LogP contribution in [0.5, 0.6) is 0 Å². The smallest absolute Gasteiger partial charge is 0.273 e. The maximum absolute atomic E-state index is 13.2. The van der Waals surface area contributed by atoms with E-state index in [9.17, 15) is 14.0 Å². The zero-order chi connectivity index (χ0) is 20.5. The van der Waals surface area contributed by atoms with Gasteiger partial charge in [0, 0.05) is 25.8 Å². The van der Waals surface area contributed by atoms with Crippen molar-refractivity contribution in [3.8, 4) is 0 Å². The number of anilines is 2. The third-order valence-corrected chi connectivity index (χ3v) is 6.91. The van der Waals surface area contributed by atoms with Crippen molar-refractivity contribution in [1.82, 2.24) is 14.5 Å². The third kappa shape index (κ3) is 4.24. The number of hydrogen-bond donors (Lipinski definition) is 1. The van der Waals surface area contributed by atoms with Crippen LogP contribution in [0.4, 0.5) is 15.2 Å². The Bertz CT molecular complexity index is 1140. The number of halogens is 2. The van der Waals surface area contributed by atoms with Crippen LogP contribution in [0.3, 0.4) is 0 Å². The zero-order valence-electron chi connectivity index (χ0n) is 15.4. The number of nitrogens with one attached hydrogen (secondary N) is 1. The molecule has 29 heavy (non-hydrogen) atoms. The average Bonchev–Trinajstić information content (AvgIpc) is 3.36. The van der Waals surface area contributed by atoms with Gasteiger partial charge in [0.1, 0.15) is 10.5 Å². The minimum absolute atomic E-state index is 0.0316. The average molecular weight is 454 g/mol. The first-order valence-electron chi connectivity index (χ1n) is 8.92. The second-order valence-corrected chi connectivity index (χ2v) is 8.89. The van der Waals surface area contributed by atoms with Crippen LogP contribution in [0.15, 0.2) is 28.2 Å². The molecule has 1 saturated heterocycles. The minimum Gasteiger partial charge on any atom is -0.348 e. The molecule has 152 valence electrons. The lowest BCUT2D eigenvalue weighted by Crippen LogP contribution is -2.20. The van der Waals surface area contributed by atoms with Crippen LogP contribution >= 0.6 is 34.7 Å². The Balaban J connectivity index is 1.49. The Morgan fingerprint density at radius 2 is 2.10 bits per heavy atom. The van der Waals surface area contributed by atoms with E-state index in [0.717, 1.165) is 42.8 Å². The molecule has 1 aliphatic rings. The highest BCUT2D eigenvalue weighted by Gasteiger charge is 2.20. The standard InChI is InChI=1S/C18H17ClFN5O2S2/c1-24-16(27)14-15(23-18(29-14)25-6-2-3-7-25)22-17(24)28-9-13(26)21-10-4-5-12(20)11(19)8-10/h4-5,8H,2-3,6-7,9H2,1H3,(H,21,26). The van der Waals surface area contributed by atoms with Crippen molar-refractivity contribution in [2.45, 2.75) is 18.0 Å². The molecule has 3 aromatic rings. The number of nitrogens with zero attached hydrogens (tertiary/aromatic N) is 4. The third-order valence-electron chi connectivity index (χ3n) is 4.50. The molecular weight excluding hydrogens is 437 g/mol. The predicted octanol–water partition coefficient (Wildman–Crippen LogP) is 3.51. The predicted molar refractivity (Wildman–Crippen MR) is 115 cm³/mol. The van der Waals surface area contributed by atoms with Gasteiger partial charge in [-0.05, 0) is 31.0 Å². The van der Waals surface area contributed by atoms with Gasteiger partial charge in [0.2, 0.25) is 5.91 Å². The molecule has 0 unspecified atom stereocenters. The first-order valence-corrected chi connectivity index (χ1v) is 11.1. The second kappa shape index (κ2) is 8.29. The van der Waals surface area contributed by atoms with Crippen LogP contribution in [0.2, 0.25) is 5.02 Å². The Hall–Kier alpha value is -2.17. The van der Waals surface area contributed by atoms with Gasteiger partial charge < -0.3 is 10.2 Å². The van der Waals surface area contributed by atoms with Crippen molar-refractivity contribution in [3.05, 3.63) is 39.4 Å². The molecule has 1 N–H and O–H groups in total. The van der Waals surface area contributed by atoms with E-state index in [2.05, 4.69) is 20.2 Å². The molecule has 1 aromatic carbocycles. The van der Waals surface area contributed by atoms with Gasteiger partial charge in [0.15, 0.2) is 15.9 Å². The summed E-state index contributed by atoms with van der Waals surface area (Å²) >= 11 is 8.22. The van der Waals surface area contributed by atoms with Crippen LogP contribution in [-0.4, -0.2) is 39.3 Å². The highest BCUT2D eigenvalue weighted by molar-refractivity contribution is 7.99. The lowest BCUT2D eigenvalue weighted by Gasteiger charge is -2.11. The molecule has 3 heterocycles. The molecule has 0 bridgehead atoms. The van der Waals surface area contributed by atoms with E-state index in [0.29, 0.717) is 21.2 Å². The quantitative estimate of drug-likeness (QED) is 0.470. The number of thiazole rings is 1. The van der Waals surface area contributed by atoms with Gasteiger partial charge in [-0.3, -0.25) is 14.2 Å². The molecule has 1 fully saturated rings. The number of hydrogen-bond acceptors (Lipinski definition) is 7. The number of rotatable bonds is 5. The molecule has 2 aromatic heterocycles. The Kier molecular flexibility index (Phi) is 5.75.